The second-order valence-corrected chi connectivity index (χ2v) is 5.26. The minimum Gasteiger partial charge on any atom is -0.475 e. The van der Waals surface area contributed by atoms with E-state index in [0.717, 1.165) is 16.6 Å². The van der Waals surface area contributed by atoms with Gasteiger partial charge in [-0.2, -0.15) is 0 Å². The topological polar surface area (TPSA) is 95.9 Å². The smallest absolute Gasteiger partial charge is 0.372 e. The Labute approximate surface area is 110 Å². The van der Waals surface area contributed by atoms with Crippen LogP contribution in [-0.4, -0.2) is 26.0 Å². The molecule has 3 rings (SSSR count). The van der Waals surface area contributed by atoms with Crippen LogP contribution < -0.4 is 5.56 Å². The molecule has 0 fully saturated rings. The molecular formula is C12H9N3O3S. The number of pyridine rings is 1. The maximum atomic E-state index is 11.9. The molecule has 0 aliphatic carbocycles. The number of carboxylic acids is 1. The largest absolute Gasteiger partial charge is 0.475 e. The summed E-state index contributed by atoms with van der Waals surface area (Å²) in [6.45, 7) is 3.77. The van der Waals surface area contributed by atoms with Gasteiger partial charge in [0.25, 0.3) is 5.56 Å². The van der Waals surface area contributed by atoms with E-state index in [1.54, 1.807) is 0 Å². The lowest BCUT2D eigenvalue weighted by atomic mass is 10.1. The number of rotatable bonds is 1. The summed E-state index contributed by atoms with van der Waals surface area (Å²) >= 11 is 1.23. The highest BCUT2D eigenvalue weighted by Crippen LogP contribution is 2.31. The molecule has 3 aromatic rings. The first kappa shape index (κ1) is 11.8. The van der Waals surface area contributed by atoms with Crippen molar-refractivity contribution in [2.24, 2.45) is 0 Å². The van der Waals surface area contributed by atoms with Crippen LogP contribution >= 0.6 is 11.3 Å². The fraction of sp³-hybridized carbons (Fsp3) is 0.167. The SMILES string of the molecule is Cc1cc(C)c2c(n1)sc1c(=O)[nH]c(C(=O)O)nc12. The van der Waals surface area contributed by atoms with E-state index in [2.05, 4.69) is 15.0 Å². The van der Waals surface area contributed by atoms with E-state index in [1.807, 2.05) is 19.9 Å². The predicted octanol–water partition coefficient (Wildman–Crippen LogP) is 1.85. The van der Waals surface area contributed by atoms with Gasteiger partial charge in [-0.15, -0.1) is 11.3 Å². The van der Waals surface area contributed by atoms with E-state index in [9.17, 15) is 9.59 Å². The summed E-state index contributed by atoms with van der Waals surface area (Å²) in [4.78, 5) is 34.2. The third-order valence-electron chi connectivity index (χ3n) is 2.83. The van der Waals surface area contributed by atoms with Crippen LogP contribution in [0.1, 0.15) is 21.9 Å². The highest BCUT2D eigenvalue weighted by molar-refractivity contribution is 7.25. The monoisotopic (exact) mass is 275 g/mol. The van der Waals surface area contributed by atoms with Gasteiger partial charge in [0.2, 0.25) is 5.82 Å². The van der Waals surface area contributed by atoms with Gasteiger partial charge >= 0.3 is 5.97 Å². The molecule has 96 valence electrons. The van der Waals surface area contributed by atoms with Crippen molar-refractivity contribution in [1.82, 2.24) is 15.0 Å². The number of aromatic carboxylic acids is 1. The Morgan fingerprint density at radius 1 is 1.37 bits per heavy atom. The molecule has 19 heavy (non-hydrogen) atoms. The molecule has 0 amide bonds. The molecule has 2 N–H and O–H groups in total. The number of H-pyrrole nitrogens is 1. The van der Waals surface area contributed by atoms with E-state index in [4.69, 9.17) is 5.11 Å². The van der Waals surface area contributed by atoms with E-state index < -0.39 is 11.5 Å². The van der Waals surface area contributed by atoms with Gasteiger partial charge in [0, 0.05) is 11.1 Å². The van der Waals surface area contributed by atoms with Crippen molar-refractivity contribution in [3.05, 3.63) is 33.5 Å². The van der Waals surface area contributed by atoms with Crippen LogP contribution in [0, 0.1) is 13.8 Å². The molecular weight excluding hydrogens is 266 g/mol. The average Bonchev–Trinajstić information content (AvgIpc) is 2.67. The molecule has 7 heteroatoms. The number of hydrogen-bond donors (Lipinski definition) is 2. The Bertz CT molecular complexity index is 894. The van der Waals surface area contributed by atoms with Crippen molar-refractivity contribution < 1.29 is 9.90 Å². The van der Waals surface area contributed by atoms with Gasteiger partial charge in [-0.3, -0.25) is 9.78 Å². The van der Waals surface area contributed by atoms with Gasteiger partial charge in [-0.1, -0.05) is 0 Å². The lowest BCUT2D eigenvalue weighted by Gasteiger charge is -1.99. The average molecular weight is 275 g/mol. The summed E-state index contributed by atoms with van der Waals surface area (Å²) in [6, 6.07) is 1.89. The number of carbonyl (C=O) groups is 1. The number of nitrogens with zero attached hydrogens (tertiary/aromatic N) is 2. The number of nitrogens with one attached hydrogen (secondary N) is 1. The Morgan fingerprint density at radius 2 is 2.11 bits per heavy atom. The van der Waals surface area contributed by atoms with Gasteiger partial charge in [0.15, 0.2) is 0 Å². The summed E-state index contributed by atoms with van der Waals surface area (Å²) < 4.78 is 0.404. The Kier molecular flexibility index (Phi) is 2.39. The standard InChI is InChI=1S/C12H9N3O3S/c1-4-3-5(2)13-11-6(4)7-8(19-11)10(16)15-9(14-7)12(17)18/h3H,1-2H3,(H,17,18)(H,14,15,16). The summed E-state index contributed by atoms with van der Waals surface area (Å²) in [5.41, 5.74) is 1.75. The molecule has 3 heterocycles. The maximum Gasteiger partial charge on any atom is 0.372 e. The molecule has 0 saturated carbocycles. The fourth-order valence-electron chi connectivity index (χ4n) is 2.09. The maximum absolute atomic E-state index is 11.9. The van der Waals surface area contributed by atoms with Crippen molar-refractivity contribution in [2.45, 2.75) is 13.8 Å². The first-order valence-electron chi connectivity index (χ1n) is 5.51. The van der Waals surface area contributed by atoms with Gasteiger partial charge in [-0.25, -0.2) is 14.8 Å². The first-order valence-corrected chi connectivity index (χ1v) is 6.33. The Hall–Kier alpha value is -2.28. The second-order valence-electron chi connectivity index (χ2n) is 4.26. The third-order valence-corrected chi connectivity index (χ3v) is 3.90. The lowest BCUT2D eigenvalue weighted by Crippen LogP contribution is -2.14. The molecule has 0 radical (unpaired) electrons. The summed E-state index contributed by atoms with van der Waals surface area (Å²) in [5.74, 6) is -1.60. The van der Waals surface area contributed by atoms with Gasteiger partial charge in [-0.05, 0) is 25.5 Å². The quantitative estimate of drug-likeness (QED) is 0.706. The highest BCUT2D eigenvalue weighted by Gasteiger charge is 2.16. The second kappa shape index (κ2) is 3.86. The predicted molar refractivity (Wildman–Crippen MR) is 72.0 cm³/mol. The van der Waals surface area contributed by atoms with Crippen LogP contribution in [0.25, 0.3) is 20.4 Å². The van der Waals surface area contributed by atoms with Crippen molar-refractivity contribution in [3.63, 3.8) is 0 Å². The van der Waals surface area contributed by atoms with Crippen LogP contribution in [0.3, 0.4) is 0 Å². The molecule has 0 aromatic carbocycles. The third kappa shape index (κ3) is 1.70. The van der Waals surface area contributed by atoms with E-state index in [1.165, 1.54) is 11.3 Å². The summed E-state index contributed by atoms with van der Waals surface area (Å²) in [5, 5.41) is 9.70. The highest BCUT2D eigenvalue weighted by atomic mass is 32.1. The molecule has 6 nitrogen and oxygen atoms in total. The van der Waals surface area contributed by atoms with Crippen molar-refractivity contribution >= 4 is 37.7 Å². The van der Waals surface area contributed by atoms with Crippen LogP contribution in [0.2, 0.25) is 0 Å². The zero-order chi connectivity index (χ0) is 13.7. The van der Waals surface area contributed by atoms with E-state index in [0.29, 0.717) is 15.0 Å². The Morgan fingerprint density at radius 3 is 2.79 bits per heavy atom. The Balaban J connectivity index is 2.56. The van der Waals surface area contributed by atoms with Crippen LogP contribution in [0.4, 0.5) is 0 Å². The van der Waals surface area contributed by atoms with Crippen molar-refractivity contribution in [3.8, 4) is 0 Å². The van der Waals surface area contributed by atoms with Crippen molar-refractivity contribution in [2.75, 3.05) is 0 Å². The van der Waals surface area contributed by atoms with Crippen LogP contribution in [0.15, 0.2) is 10.9 Å². The lowest BCUT2D eigenvalue weighted by molar-refractivity contribution is 0.0683. The van der Waals surface area contributed by atoms with Gasteiger partial charge in [0.05, 0.1) is 5.52 Å². The number of carboxylic acid groups (broad SMARTS) is 1. The minimum absolute atomic E-state index is 0.350. The summed E-state index contributed by atoms with van der Waals surface area (Å²) in [7, 11) is 0. The molecule has 0 unspecified atom stereocenters. The number of thiophene rings is 1. The first-order chi connectivity index (χ1) is 8.97. The number of fused-ring (bicyclic) bond motifs is 3. The van der Waals surface area contributed by atoms with E-state index >= 15 is 0 Å². The molecule has 0 atom stereocenters. The molecule has 0 aliphatic rings. The molecule has 0 bridgehead atoms. The molecule has 3 aromatic heterocycles. The molecule has 0 aliphatic heterocycles. The number of hydrogen-bond acceptors (Lipinski definition) is 5. The van der Waals surface area contributed by atoms with Gasteiger partial charge < -0.3 is 5.11 Å². The van der Waals surface area contributed by atoms with Gasteiger partial charge in [0.1, 0.15) is 9.53 Å². The zero-order valence-corrected chi connectivity index (χ0v) is 11.0. The zero-order valence-electron chi connectivity index (χ0n) is 10.1. The van der Waals surface area contributed by atoms with Crippen LogP contribution in [0.5, 0.6) is 0 Å². The molecule has 0 saturated heterocycles. The van der Waals surface area contributed by atoms with E-state index in [-0.39, 0.29) is 5.82 Å². The van der Waals surface area contributed by atoms with Crippen molar-refractivity contribution in [1.29, 1.82) is 0 Å². The number of aromatic nitrogens is 3. The summed E-state index contributed by atoms with van der Waals surface area (Å²) in [6.07, 6.45) is 0. The number of aryl methyl sites for hydroxylation is 2. The molecule has 0 spiro atoms. The number of aromatic amines is 1. The van der Waals surface area contributed by atoms with Crippen LogP contribution in [-0.2, 0) is 0 Å². The fourth-order valence-corrected chi connectivity index (χ4v) is 3.22. The minimum atomic E-state index is -1.25. The normalized spacial score (nSPS) is 11.3.